The van der Waals surface area contributed by atoms with Crippen molar-refractivity contribution in [1.29, 1.82) is 0 Å². The molecular weight excluding hydrogens is 321 g/mol. The van der Waals surface area contributed by atoms with Crippen molar-refractivity contribution in [3.05, 3.63) is 64.4 Å². The lowest BCUT2D eigenvalue weighted by Gasteiger charge is -2.09. The Morgan fingerprint density at radius 3 is 2.65 bits per heavy atom. The minimum Gasteiger partial charge on any atom is -0.455 e. The first-order valence-electron chi connectivity index (χ1n) is 6.91. The molecule has 0 saturated heterocycles. The Hall–Kier alpha value is -2.40. The van der Waals surface area contributed by atoms with Crippen LogP contribution in [0.2, 0.25) is 5.02 Å². The van der Waals surface area contributed by atoms with Crippen LogP contribution < -0.4 is 5.32 Å². The van der Waals surface area contributed by atoms with E-state index in [1.807, 2.05) is 0 Å². The number of hydrogen-bond acceptors (Lipinski definition) is 3. The first-order valence-corrected chi connectivity index (χ1v) is 7.28. The molecule has 0 spiro atoms. The van der Waals surface area contributed by atoms with Gasteiger partial charge in [0.15, 0.2) is 6.61 Å². The van der Waals surface area contributed by atoms with Gasteiger partial charge in [-0.1, -0.05) is 29.8 Å². The van der Waals surface area contributed by atoms with Crippen molar-refractivity contribution in [3.63, 3.8) is 0 Å². The Morgan fingerprint density at radius 1 is 1.22 bits per heavy atom. The fourth-order valence-corrected chi connectivity index (χ4v) is 2.17. The van der Waals surface area contributed by atoms with Gasteiger partial charge < -0.3 is 10.1 Å². The zero-order valence-electron chi connectivity index (χ0n) is 12.4. The molecule has 2 aromatic rings. The van der Waals surface area contributed by atoms with Crippen molar-refractivity contribution in [3.8, 4) is 0 Å². The van der Waals surface area contributed by atoms with Gasteiger partial charge in [0.05, 0.1) is 6.42 Å². The number of benzene rings is 2. The number of nitrogens with one attached hydrogen (secondary N) is 1. The van der Waals surface area contributed by atoms with Gasteiger partial charge in [0.2, 0.25) is 0 Å². The second-order valence-electron chi connectivity index (χ2n) is 4.94. The maximum Gasteiger partial charge on any atom is 0.310 e. The highest BCUT2D eigenvalue weighted by Gasteiger charge is 2.12. The summed E-state index contributed by atoms with van der Waals surface area (Å²) in [5.41, 5.74) is 1.61. The van der Waals surface area contributed by atoms with Crippen molar-refractivity contribution in [1.82, 2.24) is 0 Å². The molecule has 0 saturated carbocycles. The molecule has 0 radical (unpaired) electrons. The molecule has 0 unspecified atom stereocenters. The third kappa shape index (κ3) is 5.07. The van der Waals surface area contributed by atoms with Gasteiger partial charge in [-0.15, -0.1) is 0 Å². The number of carbonyl (C=O) groups is 2. The van der Waals surface area contributed by atoms with E-state index >= 15 is 0 Å². The number of rotatable bonds is 5. The average molecular weight is 336 g/mol. The maximum atomic E-state index is 13.4. The first-order chi connectivity index (χ1) is 11.0. The van der Waals surface area contributed by atoms with E-state index in [-0.39, 0.29) is 12.0 Å². The second-order valence-corrected chi connectivity index (χ2v) is 5.37. The van der Waals surface area contributed by atoms with E-state index < -0.39 is 24.3 Å². The number of aryl methyl sites for hydroxylation is 1. The molecule has 4 nitrogen and oxygen atoms in total. The van der Waals surface area contributed by atoms with Crippen molar-refractivity contribution in [2.45, 2.75) is 13.3 Å². The van der Waals surface area contributed by atoms with Crippen LogP contribution in [-0.2, 0) is 20.7 Å². The van der Waals surface area contributed by atoms with E-state index in [0.29, 0.717) is 10.7 Å². The third-order valence-electron chi connectivity index (χ3n) is 3.12. The topological polar surface area (TPSA) is 55.4 Å². The summed E-state index contributed by atoms with van der Waals surface area (Å²) in [5, 5.41) is 3.19. The number of carbonyl (C=O) groups excluding carboxylic acids is 2. The van der Waals surface area contributed by atoms with Gasteiger partial charge in [-0.3, -0.25) is 9.59 Å². The van der Waals surface area contributed by atoms with Gasteiger partial charge in [0.1, 0.15) is 5.82 Å². The summed E-state index contributed by atoms with van der Waals surface area (Å²) in [4.78, 5) is 23.4. The van der Waals surface area contributed by atoms with E-state index in [4.69, 9.17) is 16.3 Å². The summed E-state index contributed by atoms with van der Waals surface area (Å²) in [7, 11) is 0. The summed E-state index contributed by atoms with van der Waals surface area (Å²) in [6.45, 7) is 1.36. The van der Waals surface area contributed by atoms with Crippen molar-refractivity contribution < 1.29 is 18.7 Å². The predicted octanol–water partition coefficient (Wildman–Crippen LogP) is 3.51. The molecule has 1 N–H and O–H groups in total. The van der Waals surface area contributed by atoms with Gasteiger partial charge in [0, 0.05) is 10.7 Å². The summed E-state index contributed by atoms with van der Waals surface area (Å²) < 4.78 is 18.3. The van der Waals surface area contributed by atoms with Crippen LogP contribution in [0.1, 0.15) is 11.1 Å². The summed E-state index contributed by atoms with van der Waals surface area (Å²) in [6.07, 6.45) is -0.222. The molecule has 0 aromatic heterocycles. The minimum absolute atomic E-state index is 0.222. The number of ether oxygens (including phenoxy) is 1. The van der Waals surface area contributed by atoms with E-state index in [2.05, 4.69) is 5.32 Å². The van der Waals surface area contributed by atoms with Crippen molar-refractivity contribution in [2.24, 2.45) is 0 Å². The van der Waals surface area contributed by atoms with Crippen molar-refractivity contribution >= 4 is 29.2 Å². The molecule has 2 aromatic carbocycles. The summed E-state index contributed by atoms with van der Waals surface area (Å²) in [6, 6.07) is 10.9. The van der Waals surface area contributed by atoms with E-state index in [0.717, 1.165) is 5.56 Å². The normalized spacial score (nSPS) is 10.2. The number of anilines is 1. The fourth-order valence-electron chi connectivity index (χ4n) is 1.95. The molecule has 2 rings (SSSR count). The molecule has 0 aliphatic heterocycles. The Balaban J connectivity index is 1.84. The number of amides is 1. The molecule has 0 bridgehead atoms. The first kappa shape index (κ1) is 17.0. The number of hydrogen-bond donors (Lipinski definition) is 1. The Kier molecular flexibility index (Phi) is 5.71. The molecule has 120 valence electrons. The molecule has 0 aliphatic rings. The van der Waals surface area contributed by atoms with E-state index in [1.165, 1.54) is 18.2 Å². The SMILES string of the molecule is Cc1cc(Cl)ccc1NC(=O)COC(=O)Cc1ccccc1F. The lowest BCUT2D eigenvalue weighted by atomic mass is 10.1. The number of halogens is 2. The van der Waals surface area contributed by atoms with Gasteiger partial charge >= 0.3 is 5.97 Å². The molecular formula is C17H15ClFNO3. The van der Waals surface area contributed by atoms with Gasteiger partial charge in [0.25, 0.3) is 5.91 Å². The Labute approximate surface area is 138 Å². The Bertz CT molecular complexity index is 734. The van der Waals surface area contributed by atoms with Crippen molar-refractivity contribution in [2.75, 3.05) is 11.9 Å². The highest BCUT2D eigenvalue weighted by atomic mass is 35.5. The second kappa shape index (κ2) is 7.74. The van der Waals surface area contributed by atoms with Crippen LogP contribution in [0.4, 0.5) is 10.1 Å². The van der Waals surface area contributed by atoms with Crippen LogP contribution in [-0.4, -0.2) is 18.5 Å². The average Bonchev–Trinajstić information content (AvgIpc) is 2.50. The smallest absolute Gasteiger partial charge is 0.310 e. The van der Waals surface area contributed by atoms with Gasteiger partial charge in [-0.2, -0.15) is 0 Å². The maximum absolute atomic E-state index is 13.4. The molecule has 0 aliphatic carbocycles. The Morgan fingerprint density at radius 2 is 1.96 bits per heavy atom. The highest BCUT2D eigenvalue weighted by Crippen LogP contribution is 2.19. The fraction of sp³-hybridized carbons (Fsp3) is 0.176. The van der Waals surface area contributed by atoms with Crippen LogP contribution >= 0.6 is 11.6 Å². The zero-order chi connectivity index (χ0) is 16.8. The largest absolute Gasteiger partial charge is 0.455 e. The standard InChI is InChI=1S/C17H15ClFNO3/c1-11-8-13(18)6-7-15(11)20-16(21)10-23-17(22)9-12-4-2-3-5-14(12)19/h2-8H,9-10H2,1H3,(H,20,21). The van der Waals surface area contributed by atoms with Gasteiger partial charge in [-0.05, 0) is 42.3 Å². The van der Waals surface area contributed by atoms with Crippen LogP contribution in [0.5, 0.6) is 0 Å². The van der Waals surface area contributed by atoms with Gasteiger partial charge in [-0.25, -0.2) is 4.39 Å². The summed E-state index contributed by atoms with van der Waals surface area (Å²) in [5.74, 6) is -1.62. The quantitative estimate of drug-likeness (QED) is 0.851. The minimum atomic E-state index is -0.668. The summed E-state index contributed by atoms with van der Waals surface area (Å²) >= 11 is 5.83. The van der Waals surface area contributed by atoms with Crippen LogP contribution in [0.3, 0.4) is 0 Å². The van der Waals surface area contributed by atoms with E-state index in [1.54, 1.807) is 31.2 Å². The molecule has 0 heterocycles. The number of esters is 1. The predicted molar refractivity (Wildman–Crippen MR) is 85.9 cm³/mol. The van der Waals surface area contributed by atoms with Crippen LogP contribution in [0, 0.1) is 12.7 Å². The lowest BCUT2D eigenvalue weighted by Crippen LogP contribution is -2.22. The lowest BCUT2D eigenvalue weighted by molar-refractivity contribution is -0.146. The zero-order valence-corrected chi connectivity index (χ0v) is 13.2. The third-order valence-corrected chi connectivity index (χ3v) is 3.35. The molecule has 1 amide bonds. The monoisotopic (exact) mass is 335 g/mol. The highest BCUT2D eigenvalue weighted by molar-refractivity contribution is 6.30. The van der Waals surface area contributed by atoms with E-state index in [9.17, 15) is 14.0 Å². The molecule has 23 heavy (non-hydrogen) atoms. The molecule has 0 atom stereocenters. The van der Waals surface area contributed by atoms with Crippen LogP contribution in [0.15, 0.2) is 42.5 Å². The van der Waals surface area contributed by atoms with Crippen LogP contribution in [0.25, 0.3) is 0 Å². The molecule has 0 fully saturated rings. The molecule has 6 heteroatoms.